The number of aryl methyl sites for hydroxylation is 1. The topological polar surface area (TPSA) is 38.0 Å². The zero-order valence-electron chi connectivity index (χ0n) is 9.56. The van der Waals surface area contributed by atoms with Crippen molar-refractivity contribution in [3.05, 3.63) is 18.0 Å². The van der Waals surface area contributed by atoms with Crippen molar-refractivity contribution in [1.82, 2.24) is 9.78 Å². The third-order valence-corrected chi connectivity index (χ3v) is 3.53. The van der Waals surface area contributed by atoms with E-state index in [2.05, 4.69) is 18.9 Å². The van der Waals surface area contributed by atoms with Crippen molar-refractivity contribution in [3.63, 3.8) is 0 Å². The smallest absolute Gasteiger partial charge is 0.0984 e. The lowest BCUT2D eigenvalue weighted by atomic mass is 9.97. The molecular weight excluding hydrogens is 188 g/mol. The van der Waals surface area contributed by atoms with Crippen LogP contribution in [0.1, 0.15) is 44.9 Å². The summed E-state index contributed by atoms with van der Waals surface area (Å²) in [6.45, 7) is 5.16. The monoisotopic (exact) mass is 208 g/mol. The van der Waals surface area contributed by atoms with Gasteiger partial charge in [0.25, 0.3) is 0 Å². The second kappa shape index (κ2) is 4.35. The number of hydrogen-bond acceptors (Lipinski definition) is 2. The molecule has 0 aliphatic heterocycles. The van der Waals surface area contributed by atoms with Crippen LogP contribution in [-0.2, 0) is 6.54 Å². The quantitative estimate of drug-likeness (QED) is 0.828. The largest absolute Gasteiger partial charge is 0.387 e. The Hall–Kier alpha value is -0.830. The SMILES string of the molecule is CCn1nccc1C(O)C1CCC(C)C1. The fourth-order valence-electron chi connectivity index (χ4n) is 2.64. The van der Waals surface area contributed by atoms with E-state index >= 15 is 0 Å². The lowest BCUT2D eigenvalue weighted by molar-refractivity contribution is 0.100. The molecule has 84 valence electrons. The normalized spacial score (nSPS) is 28.2. The van der Waals surface area contributed by atoms with Crippen LogP contribution in [0.15, 0.2) is 12.3 Å². The highest BCUT2D eigenvalue weighted by atomic mass is 16.3. The van der Waals surface area contributed by atoms with Gasteiger partial charge in [0, 0.05) is 12.7 Å². The van der Waals surface area contributed by atoms with E-state index in [-0.39, 0.29) is 6.10 Å². The molecule has 15 heavy (non-hydrogen) atoms. The van der Waals surface area contributed by atoms with Crippen LogP contribution in [0.25, 0.3) is 0 Å². The first-order valence-corrected chi connectivity index (χ1v) is 5.92. The molecule has 3 heteroatoms. The highest BCUT2D eigenvalue weighted by molar-refractivity contribution is 5.06. The van der Waals surface area contributed by atoms with E-state index in [4.69, 9.17) is 0 Å². The zero-order chi connectivity index (χ0) is 10.8. The van der Waals surface area contributed by atoms with Gasteiger partial charge in [-0.1, -0.05) is 13.3 Å². The van der Waals surface area contributed by atoms with Gasteiger partial charge in [0.15, 0.2) is 0 Å². The Morgan fingerprint density at radius 3 is 3.00 bits per heavy atom. The predicted molar refractivity (Wildman–Crippen MR) is 59.4 cm³/mol. The van der Waals surface area contributed by atoms with Crippen LogP contribution >= 0.6 is 0 Å². The minimum Gasteiger partial charge on any atom is -0.387 e. The summed E-state index contributed by atoms with van der Waals surface area (Å²) in [6.07, 6.45) is 5.01. The van der Waals surface area contributed by atoms with Crippen LogP contribution in [0.2, 0.25) is 0 Å². The van der Waals surface area contributed by atoms with Gasteiger partial charge < -0.3 is 5.11 Å². The number of aliphatic hydroxyl groups excluding tert-OH is 1. The fourth-order valence-corrected chi connectivity index (χ4v) is 2.64. The molecule has 3 atom stereocenters. The zero-order valence-corrected chi connectivity index (χ0v) is 9.56. The lowest BCUT2D eigenvalue weighted by Gasteiger charge is -2.18. The molecule has 1 aliphatic carbocycles. The first-order chi connectivity index (χ1) is 7.22. The minimum atomic E-state index is -0.322. The molecule has 1 aromatic heterocycles. The van der Waals surface area contributed by atoms with E-state index in [1.165, 1.54) is 6.42 Å². The maximum absolute atomic E-state index is 10.3. The summed E-state index contributed by atoms with van der Waals surface area (Å²) in [6, 6.07) is 1.94. The maximum atomic E-state index is 10.3. The standard InChI is InChI=1S/C12H20N2O/c1-3-14-11(6-7-13-14)12(15)10-5-4-9(2)8-10/h6-7,9-10,12,15H,3-5,8H2,1-2H3. The Kier molecular flexibility index (Phi) is 3.10. The highest BCUT2D eigenvalue weighted by Crippen LogP contribution is 2.38. The van der Waals surface area contributed by atoms with E-state index in [9.17, 15) is 5.11 Å². The third-order valence-electron chi connectivity index (χ3n) is 3.53. The number of aromatic nitrogens is 2. The van der Waals surface area contributed by atoms with Gasteiger partial charge in [-0.05, 0) is 37.7 Å². The molecular formula is C12H20N2O. The van der Waals surface area contributed by atoms with Crippen LogP contribution in [0.4, 0.5) is 0 Å². The first kappa shape index (κ1) is 10.7. The molecule has 0 amide bonds. The number of rotatable bonds is 3. The molecule has 0 bridgehead atoms. The second-order valence-corrected chi connectivity index (χ2v) is 4.69. The Morgan fingerprint density at radius 1 is 1.60 bits per heavy atom. The van der Waals surface area contributed by atoms with Crippen molar-refractivity contribution in [2.45, 2.75) is 45.8 Å². The van der Waals surface area contributed by atoms with E-state index in [1.54, 1.807) is 6.20 Å². The van der Waals surface area contributed by atoms with Gasteiger partial charge in [-0.3, -0.25) is 4.68 Å². The summed E-state index contributed by atoms with van der Waals surface area (Å²) in [7, 11) is 0. The summed E-state index contributed by atoms with van der Waals surface area (Å²) in [5, 5.41) is 14.5. The van der Waals surface area contributed by atoms with Crippen molar-refractivity contribution < 1.29 is 5.11 Å². The molecule has 0 radical (unpaired) electrons. The highest BCUT2D eigenvalue weighted by Gasteiger charge is 2.29. The lowest BCUT2D eigenvalue weighted by Crippen LogP contribution is -2.14. The van der Waals surface area contributed by atoms with E-state index in [0.29, 0.717) is 5.92 Å². The van der Waals surface area contributed by atoms with Gasteiger partial charge in [-0.15, -0.1) is 0 Å². The molecule has 0 spiro atoms. The summed E-state index contributed by atoms with van der Waals surface area (Å²) in [5.41, 5.74) is 0.983. The van der Waals surface area contributed by atoms with E-state index in [0.717, 1.165) is 31.0 Å². The maximum Gasteiger partial charge on any atom is 0.0984 e. The van der Waals surface area contributed by atoms with Crippen molar-refractivity contribution in [3.8, 4) is 0 Å². The summed E-state index contributed by atoms with van der Waals surface area (Å²) in [4.78, 5) is 0. The van der Waals surface area contributed by atoms with Crippen LogP contribution in [0.5, 0.6) is 0 Å². The number of nitrogens with zero attached hydrogens (tertiary/aromatic N) is 2. The molecule has 0 aromatic carbocycles. The summed E-state index contributed by atoms with van der Waals surface area (Å²) < 4.78 is 1.90. The fraction of sp³-hybridized carbons (Fsp3) is 0.750. The average molecular weight is 208 g/mol. The Bertz CT molecular complexity index is 321. The first-order valence-electron chi connectivity index (χ1n) is 5.92. The molecule has 1 saturated carbocycles. The molecule has 1 aliphatic rings. The van der Waals surface area contributed by atoms with E-state index in [1.807, 2.05) is 10.7 Å². The van der Waals surface area contributed by atoms with Gasteiger partial charge in [-0.25, -0.2) is 0 Å². The minimum absolute atomic E-state index is 0.322. The average Bonchev–Trinajstić information content (AvgIpc) is 2.84. The van der Waals surface area contributed by atoms with Gasteiger partial charge in [0.05, 0.1) is 11.8 Å². The van der Waals surface area contributed by atoms with Gasteiger partial charge >= 0.3 is 0 Å². The van der Waals surface area contributed by atoms with Gasteiger partial charge in [-0.2, -0.15) is 5.10 Å². The molecule has 1 heterocycles. The van der Waals surface area contributed by atoms with Crippen molar-refractivity contribution >= 4 is 0 Å². The van der Waals surface area contributed by atoms with Crippen molar-refractivity contribution in [2.24, 2.45) is 11.8 Å². The molecule has 3 nitrogen and oxygen atoms in total. The molecule has 1 fully saturated rings. The number of hydrogen-bond donors (Lipinski definition) is 1. The molecule has 3 unspecified atom stereocenters. The number of aliphatic hydroxyl groups is 1. The summed E-state index contributed by atoms with van der Waals surface area (Å²) in [5.74, 6) is 1.20. The van der Waals surface area contributed by atoms with Gasteiger partial charge in [0.1, 0.15) is 0 Å². The van der Waals surface area contributed by atoms with Crippen LogP contribution < -0.4 is 0 Å². The summed E-state index contributed by atoms with van der Waals surface area (Å²) >= 11 is 0. The molecule has 2 rings (SSSR count). The molecule has 0 saturated heterocycles. The third kappa shape index (κ3) is 2.07. The van der Waals surface area contributed by atoms with Gasteiger partial charge in [0.2, 0.25) is 0 Å². The molecule has 1 aromatic rings. The van der Waals surface area contributed by atoms with Crippen LogP contribution in [0.3, 0.4) is 0 Å². The predicted octanol–water partition coefficient (Wildman–Crippen LogP) is 2.37. The van der Waals surface area contributed by atoms with Crippen LogP contribution in [0, 0.1) is 11.8 Å². The Labute approximate surface area is 91.1 Å². The Balaban J connectivity index is 2.10. The van der Waals surface area contributed by atoms with Crippen molar-refractivity contribution in [1.29, 1.82) is 0 Å². The molecule has 1 N–H and O–H groups in total. The van der Waals surface area contributed by atoms with Crippen molar-refractivity contribution in [2.75, 3.05) is 0 Å². The Morgan fingerprint density at radius 2 is 2.40 bits per heavy atom. The van der Waals surface area contributed by atoms with E-state index < -0.39 is 0 Å². The van der Waals surface area contributed by atoms with Crippen LogP contribution in [-0.4, -0.2) is 14.9 Å². The second-order valence-electron chi connectivity index (χ2n) is 4.69.